The molecule has 0 unspecified atom stereocenters. The zero-order valence-electron chi connectivity index (χ0n) is 13.7. The fourth-order valence-electron chi connectivity index (χ4n) is 2.93. The third-order valence-corrected chi connectivity index (χ3v) is 4.33. The summed E-state index contributed by atoms with van der Waals surface area (Å²) >= 11 is 0. The molecule has 1 heterocycles. The summed E-state index contributed by atoms with van der Waals surface area (Å²) in [6.45, 7) is 4.26. The largest absolute Gasteiger partial charge is 0.496 e. The van der Waals surface area contributed by atoms with E-state index < -0.39 is 5.60 Å². The predicted octanol–water partition coefficient (Wildman–Crippen LogP) is 1.43. The smallest absolute Gasteiger partial charge is 0.252 e. The maximum absolute atomic E-state index is 12.5. The quantitative estimate of drug-likeness (QED) is 0.835. The maximum atomic E-state index is 12.5. The van der Waals surface area contributed by atoms with Crippen LogP contribution in [0, 0.1) is 6.92 Å². The molecule has 0 bridgehead atoms. The van der Waals surface area contributed by atoms with E-state index in [0.29, 0.717) is 19.4 Å². The molecule has 0 spiro atoms. The molecule has 122 valence electrons. The number of rotatable bonds is 6. The number of aryl methyl sites for hydroxylation is 1. The molecule has 1 saturated heterocycles. The molecule has 2 rings (SSSR count). The van der Waals surface area contributed by atoms with Crippen LogP contribution in [0.15, 0.2) is 18.2 Å². The van der Waals surface area contributed by atoms with Gasteiger partial charge in [-0.15, -0.1) is 0 Å². The topological polar surface area (TPSA) is 59.6 Å². The van der Waals surface area contributed by atoms with Gasteiger partial charge in [0.1, 0.15) is 11.4 Å². The lowest BCUT2D eigenvalue weighted by atomic mass is 9.91. The van der Waals surface area contributed by atoms with Crippen LogP contribution in [0.2, 0.25) is 0 Å². The molecule has 1 aromatic rings. The highest BCUT2D eigenvalue weighted by Gasteiger charge is 2.39. The highest BCUT2D eigenvalue weighted by molar-refractivity contribution is 5.85. The van der Waals surface area contributed by atoms with Crippen molar-refractivity contribution in [2.45, 2.75) is 31.8 Å². The highest BCUT2D eigenvalue weighted by atomic mass is 16.5. The highest BCUT2D eigenvalue weighted by Crippen LogP contribution is 2.23. The molecule has 22 heavy (non-hydrogen) atoms. The molecule has 5 heteroatoms. The number of piperidine rings is 1. The van der Waals surface area contributed by atoms with Gasteiger partial charge in [0.25, 0.3) is 5.91 Å². The Bertz CT molecular complexity index is 511. The van der Waals surface area contributed by atoms with Gasteiger partial charge in [-0.1, -0.05) is 17.7 Å². The summed E-state index contributed by atoms with van der Waals surface area (Å²) < 4.78 is 10.9. The molecule has 1 amide bonds. The minimum Gasteiger partial charge on any atom is -0.496 e. The Kier molecular flexibility index (Phi) is 5.80. The molecule has 1 aliphatic rings. The van der Waals surface area contributed by atoms with E-state index in [1.165, 1.54) is 5.56 Å². The van der Waals surface area contributed by atoms with Gasteiger partial charge in [0, 0.05) is 13.7 Å². The van der Waals surface area contributed by atoms with Gasteiger partial charge in [-0.3, -0.25) is 4.79 Å². The number of benzene rings is 1. The Morgan fingerprint density at radius 1 is 1.32 bits per heavy atom. The van der Waals surface area contributed by atoms with Crippen molar-refractivity contribution in [1.29, 1.82) is 0 Å². The molecule has 5 nitrogen and oxygen atoms in total. The monoisotopic (exact) mass is 306 g/mol. The summed E-state index contributed by atoms with van der Waals surface area (Å²) in [5.41, 5.74) is 1.62. The molecule has 1 fully saturated rings. The van der Waals surface area contributed by atoms with Gasteiger partial charge >= 0.3 is 0 Å². The second-order valence-electron chi connectivity index (χ2n) is 5.77. The van der Waals surface area contributed by atoms with Crippen LogP contribution in [-0.4, -0.2) is 45.4 Å². The summed E-state index contributed by atoms with van der Waals surface area (Å²) in [4.78, 5) is 12.5. The lowest BCUT2D eigenvalue weighted by molar-refractivity contribution is -0.146. The molecule has 0 saturated carbocycles. The third-order valence-electron chi connectivity index (χ3n) is 4.33. The van der Waals surface area contributed by atoms with Crippen LogP contribution >= 0.6 is 0 Å². The second-order valence-corrected chi connectivity index (χ2v) is 5.77. The summed E-state index contributed by atoms with van der Waals surface area (Å²) in [5, 5.41) is 6.27. The molecular formula is C17H26N2O3. The van der Waals surface area contributed by atoms with Gasteiger partial charge in [0.2, 0.25) is 0 Å². The van der Waals surface area contributed by atoms with Crippen molar-refractivity contribution in [2.75, 3.05) is 33.9 Å². The van der Waals surface area contributed by atoms with E-state index >= 15 is 0 Å². The van der Waals surface area contributed by atoms with Crippen LogP contribution in [0.25, 0.3) is 0 Å². The van der Waals surface area contributed by atoms with E-state index in [1.54, 1.807) is 14.2 Å². The van der Waals surface area contributed by atoms with Crippen molar-refractivity contribution in [3.63, 3.8) is 0 Å². The summed E-state index contributed by atoms with van der Waals surface area (Å²) in [6, 6.07) is 6.09. The molecule has 1 aromatic carbocycles. The Labute approximate surface area is 132 Å². The number of hydrogen-bond acceptors (Lipinski definition) is 4. The Balaban J connectivity index is 1.93. The Hall–Kier alpha value is -1.59. The number of hydrogen-bond donors (Lipinski definition) is 2. The minimum atomic E-state index is -0.679. The van der Waals surface area contributed by atoms with Crippen molar-refractivity contribution in [2.24, 2.45) is 0 Å². The van der Waals surface area contributed by atoms with E-state index in [0.717, 1.165) is 30.8 Å². The summed E-state index contributed by atoms with van der Waals surface area (Å²) in [6.07, 6.45) is 2.17. The van der Waals surface area contributed by atoms with Gasteiger partial charge < -0.3 is 20.1 Å². The van der Waals surface area contributed by atoms with E-state index in [-0.39, 0.29) is 5.91 Å². The number of carbonyl (C=O) groups excluding carboxylic acids is 1. The van der Waals surface area contributed by atoms with Crippen LogP contribution in [-0.2, 0) is 16.0 Å². The van der Waals surface area contributed by atoms with Crippen LogP contribution < -0.4 is 15.4 Å². The fraction of sp³-hybridized carbons (Fsp3) is 0.588. The normalized spacial score (nSPS) is 17.0. The van der Waals surface area contributed by atoms with E-state index in [9.17, 15) is 4.79 Å². The van der Waals surface area contributed by atoms with E-state index in [4.69, 9.17) is 9.47 Å². The number of ether oxygens (including phenoxy) is 2. The first-order valence-corrected chi connectivity index (χ1v) is 7.79. The van der Waals surface area contributed by atoms with Crippen molar-refractivity contribution in [3.05, 3.63) is 29.3 Å². The first-order chi connectivity index (χ1) is 10.6. The van der Waals surface area contributed by atoms with Crippen molar-refractivity contribution < 1.29 is 14.3 Å². The predicted molar refractivity (Wildman–Crippen MR) is 86.3 cm³/mol. The first-order valence-electron chi connectivity index (χ1n) is 7.79. The van der Waals surface area contributed by atoms with Crippen molar-refractivity contribution in [3.8, 4) is 5.75 Å². The minimum absolute atomic E-state index is 0.0110. The maximum Gasteiger partial charge on any atom is 0.252 e. The number of methoxy groups -OCH3 is 2. The average Bonchev–Trinajstić information content (AvgIpc) is 2.55. The van der Waals surface area contributed by atoms with Crippen molar-refractivity contribution in [1.82, 2.24) is 10.6 Å². The molecule has 0 aromatic heterocycles. The molecular weight excluding hydrogens is 280 g/mol. The first kappa shape index (κ1) is 16.8. The van der Waals surface area contributed by atoms with Gasteiger partial charge in [0.05, 0.1) is 7.11 Å². The Morgan fingerprint density at radius 3 is 2.68 bits per heavy atom. The molecule has 2 N–H and O–H groups in total. The van der Waals surface area contributed by atoms with Crippen LogP contribution in [0.1, 0.15) is 24.0 Å². The van der Waals surface area contributed by atoms with Gasteiger partial charge in [0.15, 0.2) is 0 Å². The lowest BCUT2D eigenvalue weighted by Gasteiger charge is -2.34. The van der Waals surface area contributed by atoms with Crippen molar-refractivity contribution >= 4 is 5.91 Å². The lowest BCUT2D eigenvalue weighted by Crippen LogP contribution is -2.54. The van der Waals surface area contributed by atoms with Gasteiger partial charge in [-0.05, 0) is 50.9 Å². The molecule has 0 radical (unpaired) electrons. The van der Waals surface area contributed by atoms with Crippen LogP contribution in [0.5, 0.6) is 5.75 Å². The number of amides is 1. The SMILES string of the molecule is COc1ccc(C)cc1CCNC(=O)C1(OC)CCNCC1. The zero-order chi connectivity index (χ0) is 16.0. The number of nitrogens with one attached hydrogen (secondary N) is 2. The third kappa shape index (κ3) is 3.78. The fourth-order valence-corrected chi connectivity index (χ4v) is 2.93. The van der Waals surface area contributed by atoms with E-state index in [2.05, 4.69) is 23.6 Å². The summed E-state index contributed by atoms with van der Waals surface area (Å²) in [7, 11) is 3.29. The van der Waals surface area contributed by atoms with E-state index in [1.807, 2.05) is 12.1 Å². The average molecular weight is 306 g/mol. The summed E-state index contributed by atoms with van der Waals surface area (Å²) in [5.74, 6) is 0.853. The van der Waals surface area contributed by atoms with Gasteiger partial charge in [-0.25, -0.2) is 0 Å². The van der Waals surface area contributed by atoms with Crippen LogP contribution in [0.3, 0.4) is 0 Å². The number of carbonyl (C=O) groups is 1. The Morgan fingerprint density at radius 2 is 2.05 bits per heavy atom. The zero-order valence-corrected chi connectivity index (χ0v) is 13.7. The molecule has 0 aliphatic carbocycles. The van der Waals surface area contributed by atoms with Gasteiger partial charge in [-0.2, -0.15) is 0 Å². The molecule has 0 atom stereocenters. The molecule has 1 aliphatic heterocycles. The van der Waals surface area contributed by atoms with Crippen LogP contribution in [0.4, 0.5) is 0 Å². The standard InChI is InChI=1S/C17H26N2O3/c1-13-4-5-15(21-2)14(12-13)6-9-19-16(20)17(22-3)7-10-18-11-8-17/h4-5,12,18H,6-11H2,1-3H3,(H,19,20). The second kappa shape index (κ2) is 7.61.